The number of nitrogens with zero attached hydrogens (tertiary/aromatic N) is 1. The van der Waals surface area contributed by atoms with Gasteiger partial charge in [0.1, 0.15) is 0 Å². The zero-order valence-corrected chi connectivity index (χ0v) is 10.7. The summed E-state index contributed by atoms with van der Waals surface area (Å²) in [5.74, 6) is 0. The summed E-state index contributed by atoms with van der Waals surface area (Å²) in [7, 11) is 0. The van der Waals surface area contributed by atoms with Crippen molar-refractivity contribution in [2.45, 2.75) is 32.0 Å². The average molecular weight is 234 g/mol. The van der Waals surface area contributed by atoms with Gasteiger partial charge in [-0.25, -0.2) is 0 Å². The monoisotopic (exact) mass is 234 g/mol. The lowest BCUT2D eigenvalue weighted by atomic mass is 9.98. The van der Waals surface area contributed by atoms with Crippen LogP contribution < -0.4 is 5.73 Å². The van der Waals surface area contributed by atoms with Crippen molar-refractivity contribution in [3.05, 3.63) is 35.9 Å². The van der Waals surface area contributed by atoms with Gasteiger partial charge in [0.25, 0.3) is 0 Å². The molecule has 0 bridgehead atoms. The summed E-state index contributed by atoms with van der Waals surface area (Å²) >= 11 is 0. The van der Waals surface area contributed by atoms with Gasteiger partial charge < -0.3 is 10.5 Å². The van der Waals surface area contributed by atoms with Crippen molar-refractivity contribution in [2.75, 3.05) is 19.7 Å². The third-order valence-corrected chi connectivity index (χ3v) is 3.31. The number of nitrogens with two attached hydrogens (primary N) is 1. The average Bonchev–Trinajstić information content (AvgIpc) is 2.30. The highest BCUT2D eigenvalue weighted by molar-refractivity contribution is 5.20. The Morgan fingerprint density at radius 1 is 1.35 bits per heavy atom. The molecule has 1 aromatic rings. The van der Waals surface area contributed by atoms with Crippen molar-refractivity contribution in [3.63, 3.8) is 0 Å². The smallest absolute Gasteiger partial charge is 0.0674 e. The third kappa shape index (κ3) is 3.06. The molecule has 0 spiro atoms. The first-order valence-corrected chi connectivity index (χ1v) is 6.34. The number of hydrogen-bond acceptors (Lipinski definition) is 3. The Bertz CT molecular complexity index is 339. The van der Waals surface area contributed by atoms with Crippen LogP contribution in [0.4, 0.5) is 0 Å². The van der Waals surface area contributed by atoms with Gasteiger partial charge >= 0.3 is 0 Å². The van der Waals surface area contributed by atoms with Gasteiger partial charge in [-0.05, 0) is 19.4 Å². The number of morpholine rings is 1. The lowest BCUT2D eigenvalue weighted by molar-refractivity contribution is -0.0376. The van der Waals surface area contributed by atoms with E-state index in [1.165, 1.54) is 5.56 Å². The fourth-order valence-corrected chi connectivity index (χ4v) is 2.60. The number of benzene rings is 1. The number of rotatable bonds is 3. The highest BCUT2D eigenvalue weighted by atomic mass is 16.5. The summed E-state index contributed by atoms with van der Waals surface area (Å²) in [5, 5.41) is 0. The van der Waals surface area contributed by atoms with Crippen LogP contribution in [-0.2, 0) is 4.74 Å². The Morgan fingerprint density at radius 3 is 2.65 bits per heavy atom. The minimum absolute atomic E-state index is 0.127. The van der Waals surface area contributed by atoms with E-state index < -0.39 is 0 Å². The first-order chi connectivity index (χ1) is 8.18. The third-order valence-electron chi connectivity index (χ3n) is 3.31. The van der Waals surface area contributed by atoms with Crippen LogP contribution >= 0.6 is 0 Å². The molecule has 3 heteroatoms. The molecule has 17 heavy (non-hydrogen) atoms. The van der Waals surface area contributed by atoms with Crippen molar-refractivity contribution >= 4 is 0 Å². The molecule has 1 aliphatic heterocycles. The fraction of sp³-hybridized carbons (Fsp3) is 0.571. The van der Waals surface area contributed by atoms with E-state index in [2.05, 4.69) is 43.0 Å². The minimum Gasteiger partial charge on any atom is -0.376 e. The Morgan fingerprint density at radius 2 is 2.06 bits per heavy atom. The molecule has 3 nitrogen and oxygen atoms in total. The van der Waals surface area contributed by atoms with Gasteiger partial charge in [-0.1, -0.05) is 30.3 Å². The van der Waals surface area contributed by atoms with Gasteiger partial charge in [0, 0.05) is 25.2 Å². The van der Waals surface area contributed by atoms with Crippen molar-refractivity contribution in [3.8, 4) is 0 Å². The van der Waals surface area contributed by atoms with E-state index in [0.29, 0.717) is 12.1 Å². The van der Waals surface area contributed by atoms with Crippen LogP contribution in [0.25, 0.3) is 0 Å². The molecule has 2 rings (SSSR count). The molecule has 2 N–H and O–H groups in total. The van der Waals surface area contributed by atoms with Crippen LogP contribution in [0, 0.1) is 0 Å². The van der Waals surface area contributed by atoms with Gasteiger partial charge in [-0.2, -0.15) is 0 Å². The second-order valence-corrected chi connectivity index (χ2v) is 4.89. The molecule has 0 aliphatic carbocycles. The zero-order chi connectivity index (χ0) is 12.3. The van der Waals surface area contributed by atoms with Crippen LogP contribution in [0.15, 0.2) is 30.3 Å². The summed E-state index contributed by atoms with van der Waals surface area (Å²) in [4.78, 5) is 2.44. The molecule has 0 amide bonds. The number of ether oxygens (including phenoxy) is 1. The first kappa shape index (κ1) is 12.6. The standard InChI is InChI=1S/C14H22N2O/c1-11-10-16(8-9-17-11)14(12(2)15)13-6-4-3-5-7-13/h3-7,11-12,14H,8-10,15H2,1-2H3. The Hall–Kier alpha value is -0.900. The molecule has 0 aromatic heterocycles. The van der Waals surface area contributed by atoms with E-state index in [9.17, 15) is 0 Å². The van der Waals surface area contributed by atoms with Crippen molar-refractivity contribution in [2.24, 2.45) is 5.73 Å². The molecule has 3 unspecified atom stereocenters. The van der Waals surface area contributed by atoms with E-state index >= 15 is 0 Å². The quantitative estimate of drug-likeness (QED) is 0.866. The Kier molecular flexibility index (Phi) is 4.15. The lowest BCUT2D eigenvalue weighted by Crippen LogP contribution is -2.47. The highest BCUT2D eigenvalue weighted by Gasteiger charge is 2.27. The van der Waals surface area contributed by atoms with Gasteiger partial charge in [0.15, 0.2) is 0 Å². The maximum absolute atomic E-state index is 6.16. The number of hydrogen-bond donors (Lipinski definition) is 1. The lowest BCUT2D eigenvalue weighted by Gasteiger charge is -2.39. The van der Waals surface area contributed by atoms with Crippen LogP contribution in [-0.4, -0.2) is 36.7 Å². The van der Waals surface area contributed by atoms with Gasteiger partial charge in [-0.15, -0.1) is 0 Å². The van der Waals surface area contributed by atoms with E-state index in [1.54, 1.807) is 0 Å². The second kappa shape index (κ2) is 5.63. The predicted octanol–water partition coefficient (Wildman–Crippen LogP) is 1.80. The Balaban J connectivity index is 2.17. The summed E-state index contributed by atoms with van der Waals surface area (Å²) in [5.41, 5.74) is 7.46. The predicted molar refractivity (Wildman–Crippen MR) is 69.8 cm³/mol. The normalized spacial score (nSPS) is 25.5. The summed E-state index contributed by atoms with van der Waals surface area (Å²) in [6.45, 7) is 6.93. The van der Waals surface area contributed by atoms with Crippen molar-refractivity contribution in [1.29, 1.82) is 0 Å². The molecule has 1 saturated heterocycles. The molecule has 94 valence electrons. The van der Waals surface area contributed by atoms with Crippen LogP contribution in [0.5, 0.6) is 0 Å². The molecule has 1 fully saturated rings. The summed E-state index contributed by atoms with van der Waals surface area (Å²) in [6.07, 6.45) is 0.300. The molecule has 0 saturated carbocycles. The highest BCUT2D eigenvalue weighted by Crippen LogP contribution is 2.25. The van der Waals surface area contributed by atoms with Crippen LogP contribution in [0.1, 0.15) is 25.5 Å². The molecular weight excluding hydrogens is 212 g/mol. The summed E-state index contributed by atoms with van der Waals surface area (Å²) < 4.78 is 5.59. The van der Waals surface area contributed by atoms with Crippen LogP contribution in [0.3, 0.4) is 0 Å². The molecular formula is C14H22N2O. The van der Waals surface area contributed by atoms with Gasteiger partial charge in [0.2, 0.25) is 0 Å². The molecule has 1 heterocycles. The van der Waals surface area contributed by atoms with Crippen LogP contribution in [0.2, 0.25) is 0 Å². The molecule has 0 radical (unpaired) electrons. The van der Waals surface area contributed by atoms with E-state index in [1.807, 2.05) is 6.07 Å². The zero-order valence-electron chi connectivity index (χ0n) is 10.7. The van der Waals surface area contributed by atoms with Crippen molar-refractivity contribution in [1.82, 2.24) is 4.90 Å². The first-order valence-electron chi connectivity index (χ1n) is 6.34. The van der Waals surface area contributed by atoms with Crippen molar-refractivity contribution < 1.29 is 4.74 Å². The van der Waals surface area contributed by atoms with E-state index in [4.69, 9.17) is 10.5 Å². The SMILES string of the molecule is CC1CN(C(c2ccccc2)C(C)N)CCO1. The maximum Gasteiger partial charge on any atom is 0.0674 e. The van der Waals surface area contributed by atoms with E-state index in [-0.39, 0.29) is 6.04 Å². The second-order valence-electron chi connectivity index (χ2n) is 4.89. The topological polar surface area (TPSA) is 38.5 Å². The summed E-state index contributed by atoms with van der Waals surface area (Å²) in [6, 6.07) is 10.9. The minimum atomic E-state index is 0.127. The molecule has 3 atom stereocenters. The maximum atomic E-state index is 6.16. The molecule has 1 aromatic carbocycles. The molecule has 1 aliphatic rings. The van der Waals surface area contributed by atoms with E-state index in [0.717, 1.165) is 19.7 Å². The van der Waals surface area contributed by atoms with Gasteiger partial charge in [-0.3, -0.25) is 4.90 Å². The largest absolute Gasteiger partial charge is 0.376 e. The fourth-order valence-electron chi connectivity index (χ4n) is 2.60. The Labute approximate surface area is 104 Å². The van der Waals surface area contributed by atoms with Gasteiger partial charge in [0.05, 0.1) is 12.7 Å².